The van der Waals surface area contributed by atoms with E-state index in [2.05, 4.69) is 15.6 Å². The van der Waals surface area contributed by atoms with Gasteiger partial charge >= 0.3 is 0 Å². The van der Waals surface area contributed by atoms with Gasteiger partial charge in [-0.1, -0.05) is 5.21 Å². The highest BCUT2D eigenvalue weighted by Crippen LogP contribution is 2.11. The molecule has 0 radical (unpaired) electrons. The second-order valence-corrected chi connectivity index (χ2v) is 4.40. The predicted octanol–water partition coefficient (Wildman–Crippen LogP) is 0.484. The van der Waals surface area contributed by atoms with Crippen LogP contribution in [0.1, 0.15) is 5.69 Å². The van der Waals surface area contributed by atoms with Gasteiger partial charge in [-0.25, -0.2) is 4.39 Å². The van der Waals surface area contributed by atoms with E-state index in [1.165, 1.54) is 24.3 Å². The third-order valence-electron chi connectivity index (χ3n) is 2.75. The Bertz CT molecular complexity index is 529. The van der Waals surface area contributed by atoms with Gasteiger partial charge in [-0.05, 0) is 24.3 Å². The molecule has 6 nitrogen and oxygen atoms in total. The van der Waals surface area contributed by atoms with Crippen LogP contribution in [0.15, 0.2) is 30.5 Å². The molecule has 0 spiro atoms. The zero-order chi connectivity index (χ0) is 14.4. The zero-order valence-electron chi connectivity index (χ0n) is 11.2. The Morgan fingerprint density at radius 3 is 2.80 bits per heavy atom. The lowest BCUT2D eigenvalue weighted by molar-refractivity contribution is 0.106. The van der Waals surface area contributed by atoms with Crippen molar-refractivity contribution in [3.8, 4) is 5.75 Å². The summed E-state index contributed by atoms with van der Waals surface area (Å²) in [5.74, 6) is 0.214. The smallest absolute Gasteiger partial charge is 0.123 e. The minimum atomic E-state index is -0.652. The minimum Gasteiger partial charge on any atom is -0.491 e. The highest BCUT2D eigenvalue weighted by molar-refractivity contribution is 5.22. The van der Waals surface area contributed by atoms with Crippen molar-refractivity contribution in [2.75, 3.05) is 13.2 Å². The number of aromatic nitrogens is 3. The Labute approximate surface area is 116 Å². The van der Waals surface area contributed by atoms with Gasteiger partial charge in [0, 0.05) is 20.1 Å². The molecule has 0 amide bonds. The van der Waals surface area contributed by atoms with Gasteiger partial charge in [-0.2, -0.15) is 0 Å². The van der Waals surface area contributed by atoms with Gasteiger partial charge in [0.05, 0.1) is 11.9 Å². The second kappa shape index (κ2) is 6.97. The zero-order valence-corrected chi connectivity index (χ0v) is 11.2. The third-order valence-corrected chi connectivity index (χ3v) is 2.75. The summed E-state index contributed by atoms with van der Waals surface area (Å²) < 4.78 is 19.7. The topological polar surface area (TPSA) is 72.2 Å². The minimum absolute atomic E-state index is 0.141. The average Bonchev–Trinajstić information content (AvgIpc) is 2.84. The number of rotatable bonds is 7. The highest BCUT2D eigenvalue weighted by Gasteiger charge is 2.06. The number of aliphatic hydroxyl groups is 1. The summed E-state index contributed by atoms with van der Waals surface area (Å²) in [6.45, 7) is 1.09. The van der Waals surface area contributed by atoms with Gasteiger partial charge in [0.25, 0.3) is 0 Å². The maximum atomic E-state index is 12.7. The molecule has 0 fully saturated rings. The van der Waals surface area contributed by atoms with E-state index in [-0.39, 0.29) is 12.4 Å². The van der Waals surface area contributed by atoms with Crippen LogP contribution in [0, 0.1) is 5.82 Å². The van der Waals surface area contributed by atoms with Crippen LogP contribution in [0.5, 0.6) is 5.75 Å². The van der Waals surface area contributed by atoms with E-state index in [9.17, 15) is 9.50 Å². The number of hydrogen-bond acceptors (Lipinski definition) is 5. The van der Waals surface area contributed by atoms with Crippen LogP contribution in [0.4, 0.5) is 4.39 Å². The van der Waals surface area contributed by atoms with E-state index in [1.54, 1.807) is 17.9 Å². The molecule has 0 bridgehead atoms. The summed E-state index contributed by atoms with van der Waals surface area (Å²) in [6.07, 6.45) is 1.01. The molecule has 20 heavy (non-hydrogen) atoms. The van der Waals surface area contributed by atoms with Crippen molar-refractivity contribution in [3.63, 3.8) is 0 Å². The number of benzene rings is 1. The Hall–Kier alpha value is -1.99. The lowest BCUT2D eigenvalue weighted by Gasteiger charge is -2.13. The molecule has 0 aliphatic heterocycles. The fourth-order valence-corrected chi connectivity index (χ4v) is 1.62. The lowest BCUT2D eigenvalue weighted by atomic mass is 10.3. The van der Waals surface area contributed by atoms with Crippen molar-refractivity contribution in [1.29, 1.82) is 0 Å². The Kier molecular flexibility index (Phi) is 5.03. The molecule has 0 aliphatic carbocycles. The summed E-state index contributed by atoms with van der Waals surface area (Å²) in [4.78, 5) is 0. The summed E-state index contributed by atoms with van der Waals surface area (Å²) >= 11 is 0. The van der Waals surface area contributed by atoms with Crippen molar-refractivity contribution < 1.29 is 14.2 Å². The quantitative estimate of drug-likeness (QED) is 0.772. The number of halogens is 1. The first kappa shape index (κ1) is 14.4. The molecule has 2 aromatic rings. The Morgan fingerprint density at radius 2 is 2.15 bits per heavy atom. The normalized spacial score (nSPS) is 12.3. The summed E-state index contributed by atoms with van der Waals surface area (Å²) in [7, 11) is 1.80. The maximum Gasteiger partial charge on any atom is 0.123 e. The molecule has 1 heterocycles. The lowest BCUT2D eigenvalue weighted by Crippen LogP contribution is -2.31. The van der Waals surface area contributed by atoms with Crippen molar-refractivity contribution in [3.05, 3.63) is 42.0 Å². The summed E-state index contributed by atoms with van der Waals surface area (Å²) in [5.41, 5.74) is 0.927. The SMILES string of the molecule is Cn1nncc1CNCC(O)COc1ccc(F)cc1. The third kappa shape index (κ3) is 4.29. The van der Waals surface area contributed by atoms with Crippen LogP contribution < -0.4 is 10.1 Å². The largest absolute Gasteiger partial charge is 0.491 e. The first-order valence-electron chi connectivity index (χ1n) is 6.26. The number of aryl methyl sites for hydroxylation is 1. The molecule has 2 N–H and O–H groups in total. The predicted molar refractivity (Wildman–Crippen MR) is 70.6 cm³/mol. The van der Waals surface area contributed by atoms with Gasteiger partial charge in [0.15, 0.2) is 0 Å². The highest BCUT2D eigenvalue weighted by atomic mass is 19.1. The summed E-state index contributed by atoms with van der Waals surface area (Å²) in [5, 5.41) is 20.4. The van der Waals surface area contributed by atoms with Gasteiger partial charge in [0.2, 0.25) is 0 Å². The molecule has 0 saturated carbocycles. The van der Waals surface area contributed by atoms with Crippen LogP contribution >= 0.6 is 0 Å². The molecule has 7 heteroatoms. The van der Waals surface area contributed by atoms with Crippen LogP contribution in [0.25, 0.3) is 0 Å². The monoisotopic (exact) mass is 280 g/mol. The number of nitrogens with one attached hydrogen (secondary N) is 1. The van der Waals surface area contributed by atoms with Crippen LogP contribution in [0.3, 0.4) is 0 Å². The fraction of sp³-hybridized carbons (Fsp3) is 0.385. The standard InChI is InChI=1S/C13H17FN4O2/c1-18-11(7-16-17-18)6-15-8-12(19)9-20-13-4-2-10(14)3-5-13/h2-5,7,12,15,19H,6,8-9H2,1H3. The first-order chi connectivity index (χ1) is 9.65. The fourth-order valence-electron chi connectivity index (χ4n) is 1.62. The van der Waals surface area contributed by atoms with Gasteiger partial charge in [-0.15, -0.1) is 5.10 Å². The molecule has 0 aliphatic rings. The van der Waals surface area contributed by atoms with Crippen molar-refractivity contribution >= 4 is 0 Å². The molecule has 1 aromatic carbocycles. The van der Waals surface area contributed by atoms with Crippen LogP contribution in [-0.4, -0.2) is 39.4 Å². The van der Waals surface area contributed by atoms with E-state index < -0.39 is 6.10 Å². The maximum absolute atomic E-state index is 12.7. The van der Waals surface area contributed by atoms with Crippen LogP contribution in [0.2, 0.25) is 0 Å². The van der Waals surface area contributed by atoms with Crippen LogP contribution in [-0.2, 0) is 13.6 Å². The first-order valence-corrected chi connectivity index (χ1v) is 6.26. The van der Waals surface area contributed by atoms with E-state index >= 15 is 0 Å². The van der Waals surface area contributed by atoms with Gasteiger partial charge < -0.3 is 15.2 Å². The van der Waals surface area contributed by atoms with E-state index in [0.717, 1.165) is 5.69 Å². The molecule has 108 valence electrons. The molecular weight excluding hydrogens is 263 g/mol. The Morgan fingerprint density at radius 1 is 1.40 bits per heavy atom. The van der Waals surface area contributed by atoms with Gasteiger partial charge in [-0.3, -0.25) is 4.68 Å². The molecule has 1 atom stereocenters. The molecule has 1 aromatic heterocycles. The molecule has 0 saturated heterocycles. The van der Waals surface area contributed by atoms with Crippen molar-refractivity contribution in [1.82, 2.24) is 20.3 Å². The number of nitrogens with zero attached hydrogens (tertiary/aromatic N) is 3. The van der Waals surface area contributed by atoms with Crippen molar-refractivity contribution in [2.24, 2.45) is 7.05 Å². The van der Waals surface area contributed by atoms with Gasteiger partial charge in [0.1, 0.15) is 24.3 Å². The van der Waals surface area contributed by atoms with E-state index in [1.807, 2.05) is 0 Å². The number of aliphatic hydroxyl groups excluding tert-OH is 1. The molecule has 1 unspecified atom stereocenters. The Balaban J connectivity index is 1.66. The average molecular weight is 280 g/mol. The molecular formula is C13H17FN4O2. The number of ether oxygens (including phenoxy) is 1. The summed E-state index contributed by atoms with van der Waals surface area (Å²) in [6, 6.07) is 5.68. The van der Waals surface area contributed by atoms with E-state index in [4.69, 9.17) is 4.74 Å². The van der Waals surface area contributed by atoms with E-state index in [0.29, 0.717) is 18.8 Å². The molecule has 2 rings (SSSR count). The van der Waals surface area contributed by atoms with Crippen molar-refractivity contribution in [2.45, 2.75) is 12.6 Å². The number of hydrogen-bond donors (Lipinski definition) is 2. The second-order valence-electron chi connectivity index (χ2n) is 4.40.